The molecule has 1 aromatic heterocycles. The Morgan fingerprint density at radius 3 is 2.54 bits per heavy atom. The molecule has 2 rings (SSSR count). The Hall–Kier alpha value is -2.81. The third kappa shape index (κ3) is 3.74. The predicted molar refractivity (Wildman–Crippen MR) is 90.2 cm³/mol. The Labute approximate surface area is 142 Å². The predicted octanol–water partition coefficient (Wildman–Crippen LogP) is 2.98. The summed E-state index contributed by atoms with van der Waals surface area (Å²) in [6.07, 6.45) is 3.19. The van der Waals surface area contributed by atoms with Gasteiger partial charge in [-0.05, 0) is 18.4 Å². The van der Waals surface area contributed by atoms with E-state index < -0.39 is 10.8 Å². The van der Waals surface area contributed by atoms with Gasteiger partial charge >= 0.3 is 0 Å². The Morgan fingerprint density at radius 2 is 2.04 bits per heavy atom. The van der Waals surface area contributed by atoms with Gasteiger partial charge in [0.1, 0.15) is 11.3 Å². The average Bonchev–Trinajstić information content (AvgIpc) is 2.60. The number of nitrogens with zero attached hydrogens (tertiary/aromatic N) is 2. The summed E-state index contributed by atoms with van der Waals surface area (Å²) < 4.78 is 10.1. The van der Waals surface area contributed by atoms with Crippen LogP contribution >= 0.6 is 11.8 Å². The second kappa shape index (κ2) is 7.64. The molecule has 0 radical (unpaired) electrons. The van der Waals surface area contributed by atoms with Crippen molar-refractivity contribution in [3.63, 3.8) is 0 Å². The number of benzene rings is 1. The van der Waals surface area contributed by atoms with Crippen molar-refractivity contribution < 1.29 is 19.2 Å². The Bertz CT molecular complexity index is 764. The molecule has 1 N–H and O–H groups in total. The lowest BCUT2D eigenvalue weighted by Gasteiger charge is -2.10. The van der Waals surface area contributed by atoms with Crippen molar-refractivity contribution in [1.82, 2.24) is 4.98 Å². The summed E-state index contributed by atoms with van der Waals surface area (Å²) in [4.78, 5) is 27.7. The van der Waals surface area contributed by atoms with Gasteiger partial charge in [0.25, 0.3) is 11.6 Å². The van der Waals surface area contributed by atoms with E-state index >= 15 is 0 Å². The van der Waals surface area contributed by atoms with Gasteiger partial charge in [-0.2, -0.15) is 0 Å². The lowest BCUT2D eigenvalue weighted by Crippen LogP contribution is -2.14. The van der Waals surface area contributed by atoms with E-state index in [-0.39, 0.29) is 11.3 Å². The monoisotopic (exact) mass is 349 g/mol. The molecule has 2 aromatic rings. The Balaban J connectivity index is 2.37. The van der Waals surface area contributed by atoms with Crippen LogP contribution in [0.15, 0.2) is 35.4 Å². The van der Waals surface area contributed by atoms with Crippen molar-refractivity contribution in [3.8, 4) is 11.6 Å². The van der Waals surface area contributed by atoms with Crippen molar-refractivity contribution in [1.29, 1.82) is 0 Å². The van der Waals surface area contributed by atoms with Gasteiger partial charge in [0.15, 0.2) is 0 Å². The molecule has 126 valence electrons. The van der Waals surface area contributed by atoms with Gasteiger partial charge in [-0.1, -0.05) is 0 Å². The number of nitrogens with one attached hydrogen (secondary N) is 1. The van der Waals surface area contributed by atoms with E-state index in [1.807, 2.05) is 0 Å². The fourth-order valence-corrected chi connectivity index (χ4v) is 2.55. The largest absolute Gasteiger partial charge is 0.495 e. The first-order chi connectivity index (χ1) is 11.5. The molecule has 0 fully saturated rings. The molecule has 9 heteroatoms. The fourth-order valence-electron chi connectivity index (χ4n) is 1.97. The minimum atomic E-state index is -0.617. The van der Waals surface area contributed by atoms with Gasteiger partial charge < -0.3 is 14.8 Å². The van der Waals surface area contributed by atoms with E-state index in [1.54, 1.807) is 18.4 Å². The van der Waals surface area contributed by atoms with E-state index in [4.69, 9.17) is 9.47 Å². The third-order valence-corrected chi connectivity index (χ3v) is 3.91. The van der Waals surface area contributed by atoms with Crippen LogP contribution < -0.4 is 14.8 Å². The molecule has 8 nitrogen and oxygen atoms in total. The molecule has 1 amide bonds. The van der Waals surface area contributed by atoms with Crippen LogP contribution in [0, 0.1) is 10.1 Å². The molecule has 0 atom stereocenters. The molecular weight excluding hydrogens is 334 g/mol. The minimum absolute atomic E-state index is 0.0547. The van der Waals surface area contributed by atoms with Crippen LogP contribution in [0.1, 0.15) is 10.4 Å². The summed E-state index contributed by atoms with van der Waals surface area (Å²) in [5, 5.41) is 13.8. The molecule has 0 aliphatic carbocycles. The van der Waals surface area contributed by atoms with Crippen LogP contribution in [0.3, 0.4) is 0 Å². The van der Waals surface area contributed by atoms with Crippen LogP contribution in [0.4, 0.5) is 11.4 Å². The number of amides is 1. The molecule has 0 unspecified atom stereocenters. The number of nitro benzene ring substituents is 1. The van der Waals surface area contributed by atoms with Crippen molar-refractivity contribution in [2.75, 3.05) is 25.8 Å². The zero-order valence-corrected chi connectivity index (χ0v) is 14.0. The van der Waals surface area contributed by atoms with Gasteiger partial charge in [0.2, 0.25) is 5.88 Å². The first kappa shape index (κ1) is 17.5. The van der Waals surface area contributed by atoms with Crippen molar-refractivity contribution in [2.24, 2.45) is 0 Å². The van der Waals surface area contributed by atoms with Gasteiger partial charge in [-0.3, -0.25) is 14.9 Å². The zero-order chi connectivity index (χ0) is 17.7. The summed E-state index contributed by atoms with van der Waals surface area (Å²) in [7, 11) is 2.90. The number of methoxy groups -OCH3 is 2. The SMILES string of the molecule is COc1ccc(NC(=O)c2cc(SC)c(OC)cc2[N+](=O)[O-])cn1. The normalized spacial score (nSPS) is 10.1. The number of carbonyl (C=O) groups is 1. The van der Waals surface area contributed by atoms with Gasteiger partial charge in [0.05, 0.1) is 42.0 Å². The van der Waals surface area contributed by atoms with E-state index in [1.165, 1.54) is 44.3 Å². The van der Waals surface area contributed by atoms with Gasteiger partial charge in [-0.15, -0.1) is 11.8 Å². The number of hydrogen-bond acceptors (Lipinski definition) is 7. The van der Waals surface area contributed by atoms with Crippen LogP contribution in [0.25, 0.3) is 0 Å². The summed E-state index contributed by atoms with van der Waals surface area (Å²) in [6, 6.07) is 5.85. The first-order valence-electron chi connectivity index (χ1n) is 6.72. The summed E-state index contributed by atoms with van der Waals surface area (Å²) in [5.74, 6) is 0.136. The quantitative estimate of drug-likeness (QED) is 0.486. The number of thioether (sulfide) groups is 1. The number of aromatic nitrogens is 1. The number of carbonyl (C=O) groups excluding carboxylic acids is 1. The number of rotatable bonds is 6. The lowest BCUT2D eigenvalue weighted by atomic mass is 10.1. The zero-order valence-electron chi connectivity index (χ0n) is 13.2. The number of hydrogen-bond donors (Lipinski definition) is 1. The maximum absolute atomic E-state index is 12.4. The molecule has 1 heterocycles. The van der Waals surface area contributed by atoms with Crippen LogP contribution in [-0.4, -0.2) is 36.3 Å². The number of ether oxygens (including phenoxy) is 2. The van der Waals surface area contributed by atoms with Crippen LogP contribution in [0.5, 0.6) is 11.6 Å². The third-order valence-electron chi connectivity index (χ3n) is 3.15. The maximum Gasteiger partial charge on any atom is 0.285 e. The van der Waals surface area contributed by atoms with Crippen molar-refractivity contribution in [3.05, 3.63) is 46.1 Å². The number of nitro groups is 1. The molecule has 0 saturated heterocycles. The van der Waals surface area contributed by atoms with E-state index in [9.17, 15) is 14.9 Å². The molecular formula is C15H15N3O5S. The van der Waals surface area contributed by atoms with Gasteiger partial charge in [0, 0.05) is 6.07 Å². The first-order valence-corrected chi connectivity index (χ1v) is 7.94. The van der Waals surface area contributed by atoms with E-state index in [2.05, 4.69) is 10.3 Å². The summed E-state index contributed by atoms with van der Waals surface area (Å²) >= 11 is 1.33. The molecule has 0 aliphatic rings. The second-order valence-electron chi connectivity index (χ2n) is 4.52. The summed E-state index contributed by atoms with van der Waals surface area (Å²) in [6.45, 7) is 0. The summed E-state index contributed by atoms with van der Waals surface area (Å²) in [5.41, 5.74) is 0.0150. The fraction of sp³-hybridized carbons (Fsp3) is 0.200. The second-order valence-corrected chi connectivity index (χ2v) is 5.37. The Kier molecular flexibility index (Phi) is 5.59. The lowest BCUT2D eigenvalue weighted by molar-refractivity contribution is -0.385. The van der Waals surface area contributed by atoms with E-state index in [0.29, 0.717) is 22.2 Å². The van der Waals surface area contributed by atoms with Crippen molar-refractivity contribution >= 4 is 29.0 Å². The average molecular weight is 349 g/mol. The highest BCUT2D eigenvalue weighted by Crippen LogP contribution is 2.34. The highest BCUT2D eigenvalue weighted by Gasteiger charge is 2.24. The Morgan fingerprint density at radius 1 is 1.29 bits per heavy atom. The highest BCUT2D eigenvalue weighted by atomic mass is 32.2. The highest BCUT2D eigenvalue weighted by molar-refractivity contribution is 7.98. The molecule has 24 heavy (non-hydrogen) atoms. The topological polar surface area (TPSA) is 104 Å². The minimum Gasteiger partial charge on any atom is -0.495 e. The number of pyridine rings is 1. The maximum atomic E-state index is 12.4. The standard InChI is InChI=1S/C15H15N3O5S/c1-22-12-7-11(18(20)21)10(6-13(12)24-3)15(19)17-9-4-5-14(23-2)16-8-9/h4-8H,1-3H3,(H,17,19). The van der Waals surface area contributed by atoms with E-state index in [0.717, 1.165) is 0 Å². The van der Waals surface area contributed by atoms with Crippen molar-refractivity contribution in [2.45, 2.75) is 4.90 Å². The van der Waals surface area contributed by atoms with Crippen LogP contribution in [0.2, 0.25) is 0 Å². The molecule has 0 bridgehead atoms. The van der Waals surface area contributed by atoms with Gasteiger partial charge in [-0.25, -0.2) is 4.98 Å². The van der Waals surface area contributed by atoms with Crippen LogP contribution in [-0.2, 0) is 0 Å². The smallest absolute Gasteiger partial charge is 0.285 e. The molecule has 0 spiro atoms. The molecule has 1 aromatic carbocycles. The molecule has 0 saturated carbocycles. The number of anilines is 1. The molecule has 0 aliphatic heterocycles.